The molecule has 20 heavy (non-hydrogen) atoms. The first kappa shape index (κ1) is 12.6. The molecule has 1 atom stereocenters. The van der Waals surface area contributed by atoms with Gasteiger partial charge in [0.15, 0.2) is 0 Å². The second-order valence-corrected chi connectivity index (χ2v) is 4.49. The minimum absolute atomic E-state index is 0.371. The van der Waals surface area contributed by atoms with E-state index in [9.17, 15) is 0 Å². The Bertz CT molecular complexity index is 737. The lowest BCUT2D eigenvalue weighted by Crippen LogP contribution is -2.15. The molecule has 0 bridgehead atoms. The number of nitrogens with zero attached hydrogens (tertiary/aromatic N) is 2. The Morgan fingerprint density at radius 3 is 2.60 bits per heavy atom. The lowest BCUT2D eigenvalue weighted by molar-refractivity contribution is 0.404. The third kappa shape index (κ3) is 2.10. The van der Waals surface area contributed by atoms with E-state index in [1.54, 1.807) is 19.5 Å². The van der Waals surface area contributed by atoms with Gasteiger partial charge >= 0.3 is 0 Å². The van der Waals surface area contributed by atoms with Crippen LogP contribution in [0.2, 0.25) is 0 Å². The van der Waals surface area contributed by atoms with E-state index in [2.05, 4.69) is 9.97 Å². The van der Waals surface area contributed by atoms with Crippen LogP contribution in [0.3, 0.4) is 0 Å². The number of hydrogen-bond acceptors (Lipinski definition) is 4. The number of aromatic nitrogens is 2. The Labute approximate surface area is 117 Å². The molecule has 1 unspecified atom stereocenters. The van der Waals surface area contributed by atoms with Crippen LogP contribution in [0.15, 0.2) is 54.9 Å². The van der Waals surface area contributed by atoms with Crippen molar-refractivity contribution in [2.45, 2.75) is 6.04 Å². The lowest BCUT2D eigenvalue weighted by Gasteiger charge is -2.16. The molecule has 0 saturated heterocycles. The van der Waals surface area contributed by atoms with Gasteiger partial charge in [-0.25, -0.2) is 0 Å². The van der Waals surface area contributed by atoms with Crippen molar-refractivity contribution in [2.75, 3.05) is 7.11 Å². The van der Waals surface area contributed by atoms with Crippen LogP contribution in [0.4, 0.5) is 0 Å². The zero-order chi connectivity index (χ0) is 13.9. The number of para-hydroxylation sites is 1. The number of hydrogen-bond donors (Lipinski definition) is 1. The SMILES string of the molecule is COc1cccnc1C(N)c1cccc2cccnc12. The Hall–Kier alpha value is -2.46. The molecule has 0 fully saturated rings. The van der Waals surface area contributed by atoms with E-state index >= 15 is 0 Å². The fraction of sp³-hybridized carbons (Fsp3) is 0.125. The van der Waals surface area contributed by atoms with Gasteiger partial charge in [0.25, 0.3) is 0 Å². The largest absolute Gasteiger partial charge is 0.495 e. The molecule has 0 aliphatic heterocycles. The van der Waals surface area contributed by atoms with Crippen molar-refractivity contribution >= 4 is 10.9 Å². The van der Waals surface area contributed by atoms with E-state index in [-0.39, 0.29) is 6.04 Å². The van der Waals surface area contributed by atoms with E-state index in [0.29, 0.717) is 11.4 Å². The van der Waals surface area contributed by atoms with Crippen LogP contribution in [0.25, 0.3) is 10.9 Å². The van der Waals surface area contributed by atoms with Crippen LogP contribution >= 0.6 is 0 Å². The van der Waals surface area contributed by atoms with Gasteiger partial charge in [-0.05, 0) is 18.2 Å². The highest BCUT2D eigenvalue weighted by Gasteiger charge is 2.17. The standard InChI is InChI=1S/C16H15N3O/c1-20-13-8-4-10-19-16(13)14(17)12-7-2-5-11-6-3-9-18-15(11)12/h2-10,14H,17H2,1H3. The zero-order valence-corrected chi connectivity index (χ0v) is 11.2. The summed E-state index contributed by atoms with van der Waals surface area (Å²) in [7, 11) is 1.62. The second kappa shape index (κ2) is 5.27. The molecule has 4 heteroatoms. The summed E-state index contributed by atoms with van der Waals surface area (Å²) in [6, 6.07) is 13.2. The Balaban J connectivity index is 2.15. The highest BCUT2D eigenvalue weighted by atomic mass is 16.5. The molecule has 2 aromatic heterocycles. The van der Waals surface area contributed by atoms with E-state index in [4.69, 9.17) is 10.5 Å². The topological polar surface area (TPSA) is 61.0 Å². The minimum Gasteiger partial charge on any atom is -0.495 e. The van der Waals surface area contributed by atoms with Gasteiger partial charge in [0.2, 0.25) is 0 Å². The van der Waals surface area contributed by atoms with E-state index < -0.39 is 0 Å². The maximum atomic E-state index is 6.38. The maximum Gasteiger partial charge on any atom is 0.142 e. The second-order valence-electron chi connectivity index (χ2n) is 4.49. The van der Waals surface area contributed by atoms with Crippen LogP contribution in [0.5, 0.6) is 5.75 Å². The molecule has 0 spiro atoms. The van der Waals surface area contributed by atoms with Crippen molar-refractivity contribution in [2.24, 2.45) is 5.73 Å². The number of rotatable bonds is 3. The summed E-state index contributed by atoms with van der Waals surface area (Å²) in [6.07, 6.45) is 3.49. The molecule has 1 aromatic carbocycles. The van der Waals surface area contributed by atoms with Crippen LogP contribution in [0, 0.1) is 0 Å². The Morgan fingerprint density at radius 2 is 1.75 bits per heavy atom. The van der Waals surface area contributed by atoms with E-state index in [1.165, 1.54) is 0 Å². The summed E-state index contributed by atoms with van der Waals surface area (Å²) >= 11 is 0. The van der Waals surface area contributed by atoms with Crippen LogP contribution < -0.4 is 10.5 Å². The highest BCUT2D eigenvalue weighted by Crippen LogP contribution is 2.29. The number of ether oxygens (including phenoxy) is 1. The van der Waals surface area contributed by atoms with Gasteiger partial charge < -0.3 is 10.5 Å². The van der Waals surface area contributed by atoms with E-state index in [0.717, 1.165) is 16.5 Å². The average molecular weight is 265 g/mol. The zero-order valence-electron chi connectivity index (χ0n) is 11.2. The fourth-order valence-corrected chi connectivity index (χ4v) is 2.34. The van der Waals surface area contributed by atoms with Crippen molar-refractivity contribution in [3.63, 3.8) is 0 Å². The molecule has 0 saturated carbocycles. The Morgan fingerprint density at radius 1 is 1.00 bits per heavy atom. The van der Waals surface area contributed by atoms with Gasteiger partial charge in [-0.2, -0.15) is 0 Å². The van der Waals surface area contributed by atoms with Crippen molar-refractivity contribution in [1.29, 1.82) is 0 Å². The molecular formula is C16H15N3O. The third-order valence-corrected chi connectivity index (χ3v) is 3.31. The highest BCUT2D eigenvalue weighted by molar-refractivity contribution is 5.82. The number of methoxy groups -OCH3 is 1. The van der Waals surface area contributed by atoms with E-state index in [1.807, 2.05) is 42.5 Å². The summed E-state index contributed by atoms with van der Waals surface area (Å²) in [5, 5.41) is 1.07. The molecule has 100 valence electrons. The van der Waals surface area contributed by atoms with Gasteiger partial charge in [-0.15, -0.1) is 0 Å². The third-order valence-electron chi connectivity index (χ3n) is 3.31. The average Bonchev–Trinajstić information content (AvgIpc) is 2.53. The first-order valence-corrected chi connectivity index (χ1v) is 6.39. The van der Waals surface area contributed by atoms with Gasteiger partial charge in [-0.1, -0.05) is 24.3 Å². The van der Waals surface area contributed by atoms with Crippen LogP contribution in [0.1, 0.15) is 17.3 Å². The van der Waals surface area contributed by atoms with Gasteiger partial charge in [0.05, 0.1) is 18.7 Å². The molecular weight excluding hydrogens is 250 g/mol. The lowest BCUT2D eigenvalue weighted by atomic mass is 10.00. The first-order chi connectivity index (χ1) is 9.81. The normalized spacial score (nSPS) is 12.3. The molecule has 0 radical (unpaired) electrons. The first-order valence-electron chi connectivity index (χ1n) is 6.39. The van der Waals surface area contributed by atoms with Crippen molar-refractivity contribution in [1.82, 2.24) is 9.97 Å². The summed E-state index contributed by atoms with van der Waals surface area (Å²) in [6.45, 7) is 0. The summed E-state index contributed by atoms with van der Waals surface area (Å²) in [5.41, 5.74) is 8.94. The monoisotopic (exact) mass is 265 g/mol. The van der Waals surface area contributed by atoms with Crippen molar-refractivity contribution < 1.29 is 4.74 Å². The number of benzene rings is 1. The van der Waals surface area contributed by atoms with Gasteiger partial charge in [0, 0.05) is 23.3 Å². The molecule has 3 aromatic rings. The molecule has 0 aliphatic carbocycles. The maximum absolute atomic E-state index is 6.38. The molecule has 2 N–H and O–H groups in total. The summed E-state index contributed by atoms with van der Waals surface area (Å²) in [4.78, 5) is 8.79. The number of fused-ring (bicyclic) bond motifs is 1. The number of pyridine rings is 2. The van der Waals surface area contributed by atoms with Crippen molar-refractivity contribution in [3.05, 3.63) is 66.1 Å². The fourth-order valence-electron chi connectivity index (χ4n) is 2.34. The van der Waals surface area contributed by atoms with Crippen LogP contribution in [-0.2, 0) is 0 Å². The summed E-state index contributed by atoms with van der Waals surface area (Å²) in [5.74, 6) is 0.688. The predicted molar refractivity (Wildman–Crippen MR) is 78.6 cm³/mol. The molecule has 0 aliphatic rings. The smallest absolute Gasteiger partial charge is 0.142 e. The molecule has 2 heterocycles. The van der Waals surface area contributed by atoms with Crippen LogP contribution in [-0.4, -0.2) is 17.1 Å². The quantitative estimate of drug-likeness (QED) is 0.791. The molecule has 0 amide bonds. The Kier molecular flexibility index (Phi) is 3.31. The van der Waals surface area contributed by atoms with Crippen molar-refractivity contribution in [3.8, 4) is 5.75 Å². The van der Waals surface area contributed by atoms with Gasteiger partial charge in [0.1, 0.15) is 11.4 Å². The minimum atomic E-state index is -0.371. The molecule has 4 nitrogen and oxygen atoms in total. The van der Waals surface area contributed by atoms with Gasteiger partial charge in [-0.3, -0.25) is 9.97 Å². The predicted octanol–water partition coefficient (Wildman–Crippen LogP) is 2.69. The number of nitrogens with two attached hydrogens (primary N) is 1. The molecule has 3 rings (SSSR count). The summed E-state index contributed by atoms with van der Waals surface area (Å²) < 4.78 is 5.34.